The molecule has 0 radical (unpaired) electrons. The maximum absolute atomic E-state index is 10.4. The number of aliphatic hydroxyl groups is 1. The molecule has 0 amide bonds. The predicted molar refractivity (Wildman–Crippen MR) is 183 cm³/mol. The zero-order chi connectivity index (χ0) is 29.8. The van der Waals surface area contributed by atoms with Gasteiger partial charge in [-0.2, -0.15) is 0 Å². The average Bonchev–Trinajstić information content (AvgIpc) is 3.46. The van der Waals surface area contributed by atoms with Crippen molar-refractivity contribution in [2.24, 2.45) is 0 Å². The summed E-state index contributed by atoms with van der Waals surface area (Å²) in [6, 6.07) is 10.6. The van der Waals surface area contributed by atoms with Crippen LogP contribution in [0.15, 0.2) is 42.7 Å². The maximum atomic E-state index is 10.4. The number of hydrogen-bond donors (Lipinski definition) is 3. The Balaban J connectivity index is 0.00000189. The number of aryl methyl sites for hydroxylation is 2. The highest BCUT2D eigenvalue weighted by molar-refractivity contribution is 14.2. The molecule has 0 bridgehead atoms. The first-order chi connectivity index (χ1) is 19.6. The summed E-state index contributed by atoms with van der Waals surface area (Å²) in [6.45, 7) is 12.2. The number of anilines is 1. The number of hydrogen-bond acceptors (Lipinski definition) is 6. The van der Waals surface area contributed by atoms with Gasteiger partial charge in [-0.1, -0.05) is 43.6 Å². The molecule has 220 valence electrons. The SMILES string of the molecule is CC.CC(C)(O)c1ncc(C(=N)c2cc(-c3ccc4c(c3)CCC(C)(N3CCCC3)CC4)cnc2NPI)cc1Cl. The van der Waals surface area contributed by atoms with E-state index in [1.54, 1.807) is 26.1 Å². The second-order valence-electron chi connectivity index (χ2n) is 11.5. The molecule has 41 heavy (non-hydrogen) atoms. The van der Waals surface area contributed by atoms with Crippen molar-refractivity contribution in [3.8, 4) is 11.1 Å². The maximum Gasteiger partial charge on any atom is 0.139 e. The van der Waals surface area contributed by atoms with Crippen LogP contribution in [0.1, 0.15) is 88.2 Å². The molecule has 3 aromatic rings. The van der Waals surface area contributed by atoms with E-state index >= 15 is 0 Å². The number of benzene rings is 1. The highest BCUT2D eigenvalue weighted by Gasteiger charge is 2.35. The number of rotatable bonds is 7. The first kappa shape index (κ1) is 32.3. The molecule has 0 saturated carbocycles. The first-order valence-electron chi connectivity index (χ1n) is 14.6. The minimum Gasteiger partial charge on any atom is -0.384 e. The van der Waals surface area contributed by atoms with Crippen molar-refractivity contribution >= 4 is 51.5 Å². The van der Waals surface area contributed by atoms with Crippen LogP contribution in [0.4, 0.5) is 5.82 Å². The van der Waals surface area contributed by atoms with Gasteiger partial charge < -0.3 is 10.2 Å². The standard InChI is InChI=1S/C30H36ClIN5OP.C2H6/c1-29(2,38)27-25(31)16-23(18-34-27)26(33)24-15-22(17-35-28(24)36-39-32)20-7-6-19-8-10-30(3,11-9-21(19)14-20)37-12-4-5-13-37;1-2/h6-7,14-18,33,38-39H,4-5,8-13H2,1-3H3,(H,35,36);1-2H3. The van der Waals surface area contributed by atoms with Crippen LogP contribution in [0.25, 0.3) is 11.1 Å². The number of fused-ring (bicyclic) bond motifs is 1. The van der Waals surface area contributed by atoms with Gasteiger partial charge >= 0.3 is 0 Å². The Morgan fingerprint density at radius 1 is 1.05 bits per heavy atom. The van der Waals surface area contributed by atoms with Crippen LogP contribution in [0.3, 0.4) is 0 Å². The molecule has 1 saturated heterocycles. The number of pyridine rings is 2. The highest BCUT2D eigenvalue weighted by Crippen LogP contribution is 2.37. The molecule has 9 heteroatoms. The number of halogens is 2. The van der Waals surface area contributed by atoms with Gasteiger partial charge in [-0.25, -0.2) is 4.98 Å². The normalized spacial score (nSPS) is 19.4. The summed E-state index contributed by atoms with van der Waals surface area (Å²) in [5, 5.41) is 23.0. The fourth-order valence-corrected chi connectivity index (χ4v) is 7.38. The highest BCUT2D eigenvalue weighted by atomic mass is 127. The second kappa shape index (κ2) is 13.8. The van der Waals surface area contributed by atoms with Gasteiger partial charge in [-0.15, -0.1) is 0 Å². The topological polar surface area (TPSA) is 85.1 Å². The summed E-state index contributed by atoms with van der Waals surface area (Å²) < 4.78 is 0. The van der Waals surface area contributed by atoms with Crippen LogP contribution in [0.5, 0.6) is 0 Å². The minimum atomic E-state index is -1.16. The Morgan fingerprint density at radius 3 is 2.37 bits per heavy atom. The summed E-state index contributed by atoms with van der Waals surface area (Å²) in [6.07, 6.45) is 11.2. The van der Waals surface area contributed by atoms with Crippen LogP contribution in [0, 0.1) is 5.41 Å². The van der Waals surface area contributed by atoms with Crippen molar-refractivity contribution in [1.82, 2.24) is 14.9 Å². The average molecular weight is 706 g/mol. The quantitative estimate of drug-likeness (QED) is 0.0993. The van der Waals surface area contributed by atoms with E-state index in [1.807, 2.05) is 26.1 Å². The fourth-order valence-electron chi connectivity index (χ4n) is 5.93. The molecule has 2 aliphatic rings. The molecular formula is C32H42ClIN5OP. The van der Waals surface area contributed by atoms with Crippen molar-refractivity contribution in [1.29, 1.82) is 5.41 Å². The minimum absolute atomic E-state index is 0.281. The fraction of sp³-hybridized carbons (Fsp3) is 0.469. The number of nitrogens with zero attached hydrogens (tertiary/aromatic N) is 3. The molecule has 2 unspecified atom stereocenters. The third-order valence-electron chi connectivity index (χ3n) is 8.31. The van der Waals surface area contributed by atoms with E-state index in [4.69, 9.17) is 22.0 Å². The van der Waals surface area contributed by atoms with Crippen LogP contribution in [-0.2, 0) is 18.4 Å². The molecule has 2 aromatic heterocycles. The molecule has 1 aromatic carbocycles. The van der Waals surface area contributed by atoms with Crippen LogP contribution < -0.4 is 5.09 Å². The van der Waals surface area contributed by atoms with Crippen molar-refractivity contribution < 1.29 is 5.11 Å². The summed E-state index contributed by atoms with van der Waals surface area (Å²) >= 11 is 8.73. The van der Waals surface area contributed by atoms with Gasteiger partial charge in [-0.05, 0) is 123 Å². The van der Waals surface area contributed by atoms with E-state index in [1.165, 1.54) is 49.9 Å². The van der Waals surface area contributed by atoms with E-state index in [2.05, 4.69) is 62.1 Å². The Hall–Kier alpha value is -1.64. The van der Waals surface area contributed by atoms with Crippen LogP contribution in [-0.4, -0.2) is 44.3 Å². The molecule has 1 aliphatic heterocycles. The number of aromatic nitrogens is 2. The van der Waals surface area contributed by atoms with Gasteiger partial charge in [0.2, 0.25) is 0 Å². The molecule has 6 nitrogen and oxygen atoms in total. The zero-order valence-corrected chi connectivity index (χ0v) is 28.7. The molecule has 1 fully saturated rings. The van der Waals surface area contributed by atoms with Gasteiger partial charge in [0.1, 0.15) is 11.4 Å². The van der Waals surface area contributed by atoms with E-state index in [9.17, 15) is 5.11 Å². The van der Waals surface area contributed by atoms with E-state index < -0.39 is 5.60 Å². The van der Waals surface area contributed by atoms with E-state index in [0.29, 0.717) is 34.0 Å². The lowest BCUT2D eigenvalue weighted by atomic mass is 9.90. The lowest BCUT2D eigenvalue weighted by Crippen LogP contribution is -2.44. The Labute approximate surface area is 264 Å². The molecule has 2 atom stereocenters. The van der Waals surface area contributed by atoms with E-state index in [0.717, 1.165) is 24.0 Å². The van der Waals surface area contributed by atoms with Gasteiger partial charge in [0.15, 0.2) is 0 Å². The van der Waals surface area contributed by atoms with Crippen molar-refractivity contribution in [3.63, 3.8) is 0 Å². The Morgan fingerprint density at radius 2 is 1.73 bits per heavy atom. The van der Waals surface area contributed by atoms with E-state index in [-0.39, 0.29) is 11.3 Å². The summed E-state index contributed by atoms with van der Waals surface area (Å²) in [4.78, 5) is 11.8. The third-order valence-corrected chi connectivity index (χ3v) is 9.74. The Bertz CT molecular complexity index is 1390. The van der Waals surface area contributed by atoms with Crippen LogP contribution >= 0.6 is 40.0 Å². The molecular weight excluding hydrogens is 664 g/mol. The van der Waals surface area contributed by atoms with Crippen LogP contribution in [0.2, 0.25) is 5.02 Å². The lowest BCUT2D eigenvalue weighted by Gasteiger charge is -2.38. The molecule has 0 spiro atoms. The Kier molecular flexibility index (Phi) is 10.8. The molecule has 3 N–H and O–H groups in total. The molecule has 1 aliphatic carbocycles. The molecule has 3 heterocycles. The predicted octanol–water partition coefficient (Wildman–Crippen LogP) is 8.56. The third kappa shape index (κ3) is 7.30. The second-order valence-corrected chi connectivity index (χ2v) is 14.0. The summed E-state index contributed by atoms with van der Waals surface area (Å²) in [7, 11) is 0. The van der Waals surface area contributed by atoms with Gasteiger partial charge in [0, 0.05) is 41.0 Å². The zero-order valence-electron chi connectivity index (χ0n) is 24.7. The van der Waals surface area contributed by atoms with Gasteiger partial charge in [0.05, 0.1) is 16.4 Å². The van der Waals surface area contributed by atoms with Crippen molar-refractivity contribution in [2.45, 2.75) is 84.3 Å². The van der Waals surface area contributed by atoms with Crippen molar-refractivity contribution in [2.75, 3.05) is 18.2 Å². The summed E-state index contributed by atoms with van der Waals surface area (Å²) in [5.41, 5.74) is 6.07. The monoisotopic (exact) mass is 705 g/mol. The lowest BCUT2D eigenvalue weighted by molar-refractivity contribution is 0.0740. The smallest absolute Gasteiger partial charge is 0.139 e. The number of likely N-dealkylation sites (tertiary alicyclic amines) is 1. The van der Waals surface area contributed by atoms with Gasteiger partial charge in [-0.3, -0.25) is 15.3 Å². The van der Waals surface area contributed by atoms with Gasteiger partial charge in [0.25, 0.3) is 0 Å². The van der Waals surface area contributed by atoms with Crippen molar-refractivity contribution in [3.05, 3.63) is 75.7 Å². The summed E-state index contributed by atoms with van der Waals surface area (Å²) in [5.74, 6) is 0.662. The first-order valence-corrected chi connectivity index (χ1v) is 19.0. The number of nitrogens with one attached hydrogen (secondary N) is 2. The molecule has 5 rings (SSSR count). The largest absolute Gasteiger partial charge is 0.384 e.